The molecule has 0 N–H and O–H groups in total. The Balaban J connectivity index is 2.33. The van der Waals surface area contributed by atoms with E-state index in [1.807, 2.05) is 11.8 Å². The van der Waals surface area contributed by atoms with Gasteiger partial charge in [-0.15, -0.1) is 0 Å². The van der Waals surface area contributed by atoms with E-state index in [1.165, 1.54) is 11.8 Å². The molecule has 2 heterocycles. The Morgan fingerprint density at radius 3 is 3.23 bits per heavy atom. The minimum atomic E-state index is 0.581. The Hall–Kier alpha value is -0.740. The lowest BCUT2D eigenvalue weighted by Crippen LogP contribution is -2.26. The number of hydrogen-bond acceptors (Lipinski definition) is 4. The lowest BCUT2D eigenvalue weighted by molar-refractivity contribution is -0.105. The number of carbonyl (C=O) groups excluding carboxylic acids is 1. The van der Waals surface area contributed by atoms with Gasteiger partial charge >= 0.3 is 0 Å². The Kier molecular flexibility index (Phi) is 2.17. The number of aldehydes is 1. The van der Waals surface area contributed by atoms with Crippen LogP contribution in [0.15, 0.2) is 26.8 Å². The number of nitrogens with zero attached hydrogens (tertiary/aromatic N) is 2. The van der Waals surface area contributed by atoms with Crippen LogP contribution in [0.3, 0.4) is 0 Å². The van der Waals surface area contributed by atoms with Gasteiger partial charge < -0.3 is 4.90 Å². The van der Waals surface area contributed by atoms with Crippen LogP contribution in [0, 0.1) is 0 Å². The molecule has 0 atom stereocenters. The fourth-order valence-electron chi connectivity index (χ4n) is 1.19. The summed E-state index contributed by atoms with van der Waals surface area (Å²) in [5.41, 5.74) is 1.50. The van der Waals surface area contributed by atoms with Crippen LogP contribution in [0.1, 0.15) is 6.92 Å². The van der Waals surface area contributed by atoms with E-state index < -0.39 is 0 Å². The molecular formula is C8H7ClN2OS. The lowest BCUT2D eigenvalue weighted by Gasteiger charge is -2.20. The van der Waals surface area contributed by atoms with Crippen molar-refractivity contribution in [2.45, 2.75) is 6.92 Å². The molecule has 0 amide bonds. The second kappa shape index (κ2) is 3.20. The number of thioether (sulfide) groups is 1. The van der Waals surface area contributed by atoms with Crippen LogP contribution < -0.4 is 0 Å². The van der Waals surface area contributed by atoms with Crippen molar-refractivity contribution in [3.63, 3.8) is 0 Å². The van der Waals surface area contributed by atoms with E-state index in [9.17, 15) is 4.79 Å². The molecule has 2 rings (SSSR count). The zero-order valence-corrected chi connectivity index (χ0v) is 8.52. The third-order valence-corrected chi connectivity index (χ3v) is 3.04. The quantitative estimate of drug-likeness (QED) is 0.626. The van der Waals surface area contributed by atoms with Crippen molar-refractivity contribution in [1.82, 2.24) is 4.90 Å². The lowest BCUT2D eigenvalue weighted by atomic mass is 10.2. The van der Waals surface area contributed by atoms with Gasteiger partial charge in [0.1, 0.15) is 6.29 Å². The van der Waals surface area contributed by atoms with Crippen LogP contribution in [-0.2, 0) is 4.79 Å². The first-order valence-corrected chi connectivity index (χ1v) is 4.95. The molecule has 2 aliphatic rings. The van der Waals surface area contributed by atoms with Gasteiger partial charge in [-0.1, -0.05) is 11.6 Å². The Labute approximate surface area is 85.1 Å². The minimum Gasteiger partial charge on any atom is -0.321 e. The smallest absolute Gasteiger partial charge is 0.174 e. The maximum Gasteiger partial charge on any atom is 0.174 e. The van der Waals surface area contributed by atoms with Crippen LogP contribution in [0.25, 0.3) is 0 Å². The summed E-state index contributed by atoms with van der Waals surface area (Å²) >= 11 is 7.24. The summed E-state index contributed by atoms with van der Waals surface area (Å²) in [6.07, 6.45) is 2.64. The molecule has 2 aliphatic heterocycles. The average Bonchev–Trinajstić information content (AvgIpc) is 2.42. The monoisotopic (exact) mass is 214 g/mol. The minimum absolute atomic E-state index is 0.581. The Morgan fingerprint density at radius 2 is 2.54 bits per heavy atom. The molecular weight excluding hydrogens is 208 g/mol. The van der Waals surface area contributed by atoms with Crippen molar-refractivity contribution in [2.75, 3.05) is 6.54 Å². The van der Waals surface area contributed by atoms with Gasteiger partial charge in [0, 0.05) is 17.5 Å². The molecule has 0 fully saturated rings. The van der Waals surface area contributed by atoms with Crippen molar-refractivity contribution in [3.05, 3.63) is 21.8 Å². The molecule has 0 aromatic carbocycles. The number of halogens is 1. The van der Waals surface area contributed by atoms with Gasteiger partial charge in [-0.2, -0.15) is 0 Å². The molecule has 0 unspecified atom stereocenters. The van der Waals surface area contributed by atoms with Crippen LogP contribution >= 0.6 is 23.4 Å². The summed E-state index contributed by atoms with van der Waals surface area (Å²) in [5.74, 6) is 0. The van der Waals surface area contributed by atoms with E-state index in [2.05, 4.69) is 4.99 Å². The molecule has 0 saturated carbocycles. The van der Waals surface area contributed by atoms with Gasteiger partial charge in [0.05, 0.1) is 10.9 Å². The first-order valence-electron chi connectivity index (χ1n) is 3.76. The topological polar surface area (TPSA) is 32.7 Å². The first kappa shape index (κ1) is 8.84. The van der Waals surface area contributed by atoms with Crippen molar-refractivity contribution >= 4 is 34.8 Å². The van der Waals surface area contributed by atoms with Crippen LogP contribution in [0.2, 0.25) is 0 Å². The highest BCUT2D eigenvalue weighted by molar-refractivity contribution is 8.18. The second-order valence-corrected chi connectivity index (χ2v) is 4.43. The first-order chi connectivity index (χ1) is 6.20. The normalized spacial score (nSPS) is 21.2. The van der Waals surface area contributed by atoms with E-state index in [4.69, 9.17) is 11.6 Å². The largest absolute Gasteiger partial charge is 0.321 e. The summed E-state index contributed by atoms with van der Waals surface area (Å²) in [7, 11) is 0. The van der Waals surface area contributed by atoms with Gasteiger partial charge in [0.15, 0.2) is 5.17 Å². The van der Waals surface area contributed by atoms with E-state index in [0.717, 1.165) is 17.2 Å². The van der Waals surface area contributed by atoms with E-state index in [-0.39, 0.29) is 0 Å². The summed E-state index contributed by atoms with van der Waals surface area (Å²) in [4.78, 5) is 16.8. The van der Waals surface area contributed by atoms with E-state index in [1.54, 1.807) is 6.20 Å². The molecule has 0 aliphatic carbocycles. The van der Waals surface area contributed by atoms with Crippen molar-refractivity contribution in [2.24, 2.45) is 4.99 Å². The standard InChI is InChI=1S/C8H7ClN2OS/c1-5-6(4-12)2-11-3-7(9)13-8(11)10-5/h3-4H,2H2,1H3. The van der Waals surface area contributed by atoms with Crippen LogP contribution in [0.4, 0.5) is 0 Å². The molecule has 68 valence electrons. The van der Waals surface area contributed by atoms with Crippen molar-refractivity contribution < 1.29 is 4.79 Å². The number of carbonyl (C=O) groups is 1. The SMILES string of the molecule is CC1=C(C=O)CN2C=C(Cl)SC2=N1. The Bertz CT molecular complexity index is 359. The van der Waals surface area contributed by atoms with Gasteiger partial charge in [-0.05, 0) is 18.7 Å². The van der Waals surface area contributed by atoms with Crippen LogP contribution in [0.5, 0.6) is 0 Å². The van der Waals surface area contributed by atoms with Gasteiger partial charge in [0.2, 0.25) is 0 Å². The molecule has 0 aromatic heterocycles. The highest BCUT2D eigenvalue weighted by atomic mass is 35.5. The summed E-state index contributed by atoms with van der Waals surface area (Å²) in [5, 5.41) is 0.855. The Morgan fingerprint density at radius 1 is 1.77 bits per heavy atom. The molecule has 3 nitrogen and oxygen atoms in total. The number of hydrogen-bond donors (Lipinski definition) is 0. The molecule has 0 bridgehead atoms. The summed E-state index contributed by atoms with van der Waals surface area (Å²) < 4.78 is 0.693. The zero-order chi connectivity index (χ0) is 9.42. The third kappa shape index (κ3) is 1.51. The molecule has 0 aromatic rings. The fourth-order valence-corrected chi connectivity index (χ4v) is 2.28. The van der Waals surface area contributed by atoms with E-state index in [0.29, 0.717) is 16.5 Å². The number of amidine groups is 1. The maximum absolute atomic E-state index is 10.6. The number of rotatable bonds is 1. The molecule has 13 heavy (non-hydrogen) atoms. The number of fused-ring (bicyclic) bond motifs is 1. The maximum atomic E-state index is 10.6. The molecule has 0 saturated heterocycles. The number of aliphatic imine (C=N–C) groups is 1. The highest BCUT2D eigenvalue weighted by Gasteiger charge is 2.24. The highest BCUT2D eigenvalue weighted by Crippen LogP contribution is 2.34. The van der Waals surface area contributed by atoms with Crippen LogP contribution in [-0.4, -0.2) is 22.9 Å². The fraction of sp³-hybridized carbons (Fsp3) is 0.250. The van der Waals surface area contributed by atoms with Gasteiger partial charge in [-0.25, -0.2) is 4.99 Å². The van der Waals surface area contributed by atoms with E-state index >= 15 is 0 Å². The zero-order valence-electron chi connectivity index (χ0n) is 6.95. The molecule has 0 radical (unpaired) electrons. The predicted octanol–water partition coefficient (Wildman–Crippen LogP) is 1.92. The van der Waals surface area contributed by atoms with Gasteiger partial charge in [-0.3, -0.25) is 4.79 Å². The average molecular weight is 215 g/mol. The predicted molar refractivity (Wildman–Crippen MR) is 54.4 cm³/mol. The summed E-state index contributed by atoms with van der Waals surface area (Å²) in [6.45, 7) is 2.41. The van der Waals surface area contributed by atoms with Gasteiger partial charge in [0.25, 0.3) is 0 Å². The van der Waals surface area contributed by atoms with Crippen molar-refractivity contribution in [1.29, 1.82) is 0 Å². The third-order valence-electron chi connectivity index (χ3n) is 1.90. The number of allylic oxidation sites excluding steroid dienone is 1. The summed E-state index contributed by atoms with van der Waals surface area (Å²) in [6, 6.07) is 0. The second-order valence-electron chi connectivity index (χ2n) is 2.79. The molecule has 0 spiro atoms. The molecule has 5 heteroatoms. The van der Waals surface area contributed by atoms with Crippen molar-refractivity contribution in [3.8, 4) is 0 Å².